The van der Waals surface area contributed by atoms with Gasteiger partial charge in [-0.3, -0.25) is 14.7 Å². The van der Waals surface area contributed by atoms with E-state index in [2.05, 4.69) is 4.79 Å². The maximum Gasteiger partial charge on any atom is 0.380 e. The van der Waals surface area contributed by atoms with Crippen LogP contribution in [0.3, 0.4) is 0 Å². The third-order valence-corrected chi connectivity index (χ3v) is 3.05. The summed E-state index contributed by atoms with van der Waals surface area (Å²) in [6.45, 7) is 0. The Bertz CT molecular complexity index is 495. The first-order valence-electron chi connectivity index (χ1n) is 3.55. The molecule has 0 fully saturated rings. The van der Waals surface area contributed by atoms with Crippen LogP contribution in [0.5, 0.6) is 0 Å². The van der Waals surface area contributed by atoms with Gasteiger partial charge < -0.3 is 5.53 Å². The second kappa shape index (κ2) is 3.39. The molecule has 9 heteroatoms. The minimum absolute atomic E-state index is 0.0591. The fourth-order valence-electron chi connectivity index (χ4n) is 0.975. The van der Waals surface area contributed by atoms with Crippen molar-refractivity contribution in [3.63, 3.8) is 0 Å². The van der Waals surface area contributed by atoms with Gasteiger partial charge >= 0.3 is 20.7 Å². The summed E-state index contributed by atoms with van der Waals surface area (Å²) >= 11 is 0. The smallest absolute Gasteiger partial charge is 0.361 e. The van der Waals surface area contributed by atoms with Crippen LogP contribution in [0.4, 0.5) is 0 Å². The molecule has 0 bridgehead atoms. The first kappa shape index (κ1) is 11.2. The quantitative estimate of drug-likeness (QED) is 0.228. The van der Waals surface area contributed by atoms with E-state index in [-0.39, 0.29) is 5.71 Å². The molecular weight excluding hydrogens is 226 g/mol. The lowest BCUT2D eigenvalue weighted by Gasteiger charge is -2.15. The molecule has 0 aromatic carbocycles. The maximum atomic E-state index is 10.9. The molecule has 0 aromatic heterocycles. The summed E-state index contributed by atoms with van der Waals surface area (Å²) in [7, 11) is -4.93. The largest absolute Gasteiger partial charge is 0.380 e. The van der Waals surface area contributed by atoms with Crippen LogP contribution in [0.25, 0.3) is 5.53 Å². The first-order chi connectivity index (χ1) is 6.83. The van der Waals surface area contributed by atoms with Crippen LogP contribution in [0, 0.1) is 10.1 Å². The van der Waals surface area contributed by atoms with Crippen molar-refractivity contribution < 1.29 is 22.7 Å². The van der Waals surface area contributed by atoms with E-state index in [1.807, 2.05) is 0 Å². The Hall–Kier alpha value is -1.83. The number of hydrogen-bond donors (Lipinski definition) is 1. The Kier molecular flexibility index (Phi) is 2.54. The first-order valence-corrected chi connectivity index (χ1v) is 4.99. The van der Waals surface area contributed by atoms with Gasteiger partial charge in [0.2, 0.25) is 0 Å². The summed E-state index contributed by atoms with van der Waals surface area (Å²) in [5, 5.41) is 10.6. The highest BCUT2D eigenvalue weighted by Gasteiger charge is 2.52. The zero-order chi connectivity index (χ0) is 11.7. The molecular formula is C6H5N3O5S. The van der Waals surface area contributed by atoms with Gasteiger partial charge in [0.05, 0.1) is 4.92 Å². The van der Waals surface area contributed by atoms with Crippen molar-refractivity contribution in [1.82, 2.24) is 0 Å². The SMILES string of the molecule is [N-]=[N+]=C1C=CC([N+](=O)[O-])(S(=O)(=O)O)C=C1. The van der Waals surface area contributed by atoms with Crippen molar-refractivity contribution in [3.8, 4) is 0 Å². The van der Waals surface area contributed by atoms with Crippen molar-refractivity contribution >= 4 is 15.8 Å². The topological polar surface area (TPSA) is 134 Å². The molecule has 80 valence electrons. The molecule has 0 saturated heterocycles. The molecule has 1 aliphatic carbocycles. The summed E-state index contributed by atoms with van der Waals surface area (Å²) in [6, 6.07) is 0. The van der Waals surface area contributed by atoms with Crippen molar-refractivity contribution in [2.24, 2.45) is 0 Å². The van der Waals surface area contributed by atoms with Crippen molar-refractivity contribution in [1.29, 1.82) is 0 Å². The molecule has 0 radical (unpaired) electrons. The molecule has 0 heterocycles. The van der Waals surface area contributed by atoms with Gasteiger partial charge in [0.15, 0.2) is 0 Å². The minimum atomic E-state index is -4.93. The van der Waals surface area contributed by atoms with E-state index in [0.29, 0.717) is 12.2 Å². The van der Waals surface area contributed by atoms with Crippen molar-refractivity contribution in [2.75, 3.05) is 0 Å². The minimum Gasteiger partial charge on any atom is -0.361 e. The molecule has 1 aliphatic rings. The lowest BCUT2D eigenvalue weighted by Crippen LogP contribution is -2.43. The molecule has 0 saturated carbocycles. The van der Waals surface area contributed by atoms with E-state index >= 15 is 0 Å². The molecule has 0 spiro atoms. The van der Waals surface area contributed by atoms with E-state index in [1.54, 1.807) is 0 Å². The van der Waals surface area contributed by atoms with Crippen LogP contribution in [-0.4, -0.2) is 33.3 Å². The number of nitrogens with zero attached hydrogens (tertiary/aromatic N) is 3. The highest BCUT2D eigenvalue weighted by atomic mass is 32.2. The zero-order valence-corrected chi connectivity index (χ0v) is 7.96. The lowest BCUT2D eigenvalue weighted by atomic mass is 10.1. The van der Waals surface area contributed by atoms with Crippen LogP contribution in [0.15, 0.2) is 24.3 Å². The second-order valence-electron chi connectivity index (χ2n) is 2.68. The van der Waals surface area contributed by atoms with Crippen LogP contribution >= 0.6 is 0 Å². The van der Waals surface area contributed by atoms with E-state index in [1.165, 1.54) is 0 Å². The summed E-state index contributed by atoms with van der Waals surface area (Å²) in [5.74, 6) is 0. The van der Waals surface area contributed by atoms with Crippen LogP contribution in [-0.2, 0) is 10.1 Å². The molecule has 0 unspecified atom stereocenters. The van der Waals surface area contributed by atoms with Crippen LogP contribution in [0.2, 0.25) is 0 Å². The molecule has 15 heavy (non-hydrogen) atoms. The summed E-state index contributed by atoms with van der Waals surface area (Å²) < 4.78 is 30.5. The third-order valence-electron chi connectivity index (χ3n) is 1.80. The van der Waals surface area contributed by atoms with E-state index in [0.717, 1.165) is 12.2 Å². The average Bonchev–Trinajstić information content (AvgIpc) is 2.16. The van der Waals surface area contributed by atoms with Gasteiger partial charge in [-0.25, -0.2) is 0 Å². The van der Waals surface area contributed by atoms with Gasteiger partial charge in [-0.05, 0) is 0 Å². The van der Waals surface area contributed by atoms with Gasteiger partial charge in [-0.1, -0.05) is 0 Å². The molecule has 0 aliphatic heterocycles. The average molecular weight is 231 g/mol. The molecule has 1 N–H and O–H groups in total. The van der Waals surface area contributed by atoms with E-state index < -0.39 is 19.9 Å². The molecule has 1 rings (SSSR count). The van der Waals surface area contributed by atoms with Gasteiger partial charge in [-0.15, -0.1) is 0 Å². The number of nitro groups is 1. The monoisotopic (exact) mass is 231 g/mol. The second-order valence-corrected chi connectivity index (χ2v) is 4.28. The predicted octanol–water partition coefficient (Wildman–Crippen LogP) is -0.356. The fraction of sp³-hybridized carbons (Fsp3) is 0.167. The highest BCUT2D eigenvalue weighted by molar-refractivity contribution is 7.87. The molecule has 0 atom stereocenters. The molecule has 0 aromatic rings. The Labute approximate surface area is 84.0 Å². The van der Waals surface area contributed by atoms with E-state index in [9.17, 15) is 18.5 Å². The van der Waals surface area contributed by atoms with Gasteiger partial charge in [0.1, 0.15) is 0 Å². The van der Waals surface area contributed by atoms with Gasteiger partial charge in [0.25, 0.3) is 0 Å². The number of hydrogen-bond acceptors (Lipinski definition) is 4. The molecule has 0 amide bonds. The third kappa shape index (κ3) is 1.71. The normalized spacial score (nSPS) is 25.0. The van der Waals surface area contributed by atoms with Crippen molar-refractivity contribution in [3.05, 3.63) is 39.9 Å². The summed E-state index contributed by atoms with van der Waals surface area (Å²) in [5.41, 5.74) is 8.25. The number of allylic oxidation sites excluding steroid dienone is 2. The fourth-order valence-corrected chi connectivity index (χ4v) is 1.64. The van der Waals surface area contributed by atoms with Crippen LogP contribution in [0.1, 0.15) is 0 Å². The van der Waals surface area contributed by atoms with E-state index in [4.69, 9.17) is 10.1 Å². The summed E-state index contributed by atoms with van der Waals surface area (Å²) in [4.78, 5) is 9.41. The molecule has 8 nitrogen and oxygen atoms in total. The zero-order valence-electron chi connectivity index (χ0n) is 7.14. The Morgan fingerprint density at radius 2 is 1.93 bits per heavy atom. The van der Waals surface area contributed by atoms with Gasteiger partial charge in [0, 0.05) is 24.3 Å². The maximum absolute atomic E-state index is 10.9. The lowest BCUT2D eigenvalue weighted by molar-refractivity contribution is -0.514. The Balaban J connectivity index is 3.40. The standard InChI is InChI=1S/C6H5N3O5S/c7-8-5-1-3-6(4-2-5,9(10)11)15(12,13)14/h1-4H,(H,12,13,14). The highest BCUT2D eigenvalue weighted by Crippen LogP contribution is 2.23. The Morgan fingerprint density at radius 3 is 2.20 bits per heavy atom. The Morgan fingerprint density at radius 1 is 1.47 bits per heavy atom. The van der Waals surface area contributed by atoms with Crippen LogP contribution < -0.4 is 0 Å². The van der Waals surface area contributed by atoms with Crippen molar-refractivity contribution in [2.45, 2.75) is 4.87 Å². The predicted molar refractivity (Wildman–Crippen MR) is 48.2 cm³/mol. The summed E-state index contributed by atoms with van der Waals surface area (Å²) in [6.07, 6.45) is 3.07. The number of rotatable bonds is 2. The van der Waals surface area contributed by atoms with Gasteiger partial charge in [-0.2, -0.15) is 13.2 Å².